The zero-order valence-corrected chi connectivity index (χ0v) is 14.4. The third kappa shape index (κ3) is 5.07. The Morgan fingerprint density at radius 2 is 1.84 bits per heavy atom. The third-order valence-electron chi connectivity index (χ3n) is 4.59. The number of rotatable bonds is 7. The van der Waals surface area contributed by atoms with Gasteiger partial charge in [-0.05, 0) is 54.7 Å². The summed E-state index contributed by atoms with van der Waals surface area (Å²) in [5.41, 5.74) is 2.57. The standard InChI is InChI=1S/C21H25NO3/c23-19-11-9-16(10-12-19)17-5-3-6-18(15-17)21(24)22-13-4-14-25-20-7-1-2-8-20/h3,5-6,9-12,15,20,23H,1-2,4,7-8,13-14H2,(H,22,24). The van der Waals surface area contributed by atoms with Crippen molar-refractivity contribution in [1.29, 1.82) is 0 Å². The van der Waals surface area contributed by atoms with Gasteiger partial charge < -0.3 is 15.2 Å². The van der Waals surface area contributed by atoms with Crippen LogP contribution < -0.4 is 5.32 Å². The van der Waals surface area contributed by atoms with Crippen molar-refractivity contribution >= 4 is 5.91 Å². The Morgan fingerprint density at radius 1 is 1.08 bits per heavy atom. The van der Waals surface area contributed by atoms with Crippen molar-refractivity contribution in [1.82, 2.24) is 5.32 Å². The summed E-state index contributed by atoms with van der Waals surface area (Å²) in [6, 6.07) is 14.5. The van der Waals surface area contributed by atoms with Crippen LogP contribution in [0, 0.1) is 0 Å². The van der Waals surface area contributed by atoms with Gasteiger partial charge in [-0.1, -0.05) is 37.1 Å². The van der Waals surface area contributed by atoms with Gasteiger partial charge in [0, 0.05) is 18.7 Å². The highest BCUT2D eigenvalue weighted by Crippen LogP contribution is 2.23. The normalized spacial score (nSPS) is 14.6. The molecule has 2 aromatic rings. The molecule has 1 saturated carbocycles. The molecular formula is C21H25NO3. The molecule has 25 heavy (non-hydrogen) atoms. The largest absolute Gasteiger partial charge is 0.508 e. The first-order valence-corrected chi connectivity index (χ1v) is 9.01. The monoisotopic (exact) mass is 339 g/mol. The summed E-state index contributed by atoms with van der Waals surface area (Å²) in [5.74, 6) is 0.166. The average molecular weight is 339 g/mol. The van der Waals surface area contributed by atoms with Crippen molar-refractivity contribution in [3.63, 3.8) is 0 Å². The Balaban J connectivity index is 1.48. The predicted octanol–water partition coefficient (Wildman–Crippen LogP) is 4.14. The second kappa shape index (κ2) is 8.67. The Bertz CT molecular complexity index is 691. The maximum absolute atomic E-state index is 12.3. The number of carbonyl (C=O) groups is 1. The molecule has 3 rings (SSSR count). The third-order valence-corrected chi connectivity index (χ3v) is 4.59. The lowest BCUT2D eigenvalue weighted by atomic mass is 10.0. The SMILES string of the molecule is O=C(NCCCOC1CCCC1)c1cccc(-c2ccc(O)cc2)c1. The molecule has 0 heterocycles. The van der Waals surface area contributed by atoms with Crippen LogP contribution in [0.15, 0.2) is 48.5 Å². The van der Waals surface area contributed by atoms with Gasteiger partial charge in [0.2, 0.25) is 0 Å². The van der Waals surface area contributed by atoms with E-state index < -0.39 is 0 Å². The summed E-state index contributed by atoms with van der Waals surface area (Å²) in [5, 5.41) is 12.3. The van der Waals surface area contributed by atoms with Gasteiger partial charge in [-0.3, -0.25) is 4.79 Å². The molecule has 132 valence electrons. The van der Waals surface area contributed by atoms with Crippen molar-refractivity contribution in [2.75, 3.05) is 13.2 Å². The van der Waals surface area contributed by atoms with Crippen LogP contribution in [0.4, 0.5) is 0 Å². The van der Waals surface area contributed by atoms with E-state index >= 15 is 0 Å². The highest BCUT2D eigenvalue weighted by atomic mass is 16.5. The number of phenolic OH excluding ortho intramolecular Hbond substituents is 1. The van der Waals surface area contributed by atoms with Crippen LogP contribution in [0.2, 0.25) is 0 Å². The number of hydrogen-bond donors (Lipinski definition) is 2. The predicted molar refractivity (Wildman–Crippen MR) is 98.7 cm³/mol. The van der Waals surface area contributed by atoms with Crippen LogP contribution in [0.1, 0.15) is 42.5 Å². The molecule has 0 saturated heterocycles. The fraction of sp³-hybridized carbons (Fsp3) is 0.381. The molecule has 0 bridgehead atoms. The first kappa shape index (κ1) is 17.5. The average Bonchev–Trinajstić information content (AvgIpc) is 3.15. The van der Waals surface area contributed by atoms with Gasteiger partial charge in [-0.25, -0.2) is 0 Å². The molecule has 0 radical (unpaired) electrons. The molecule has 4 heteroatoms. The number of nitrogens with one attached hydrogen (secondary N) is 1. The smallest absolute Gasteiger partial charge is 0.251 e. The van der Waals surface area contributed by atoms with Crippen molar-refractivity contribution in [2.45, 2.75) is 38.2 Å². The molecule has 0 aromatic heterocycles. The van der Waals surface area contributed by atoms with Crippen LogP contribution in [-0.2, 0) is 4.74 Å². The zero-order chi connectivity index (χ0) is 17.5. The molecule has 1 aliphatic rings. The fourth-order valence-corrected chi connectivity index (χ4v) is 3.18. The first-order valence-electron chi connectivity index (χ1n) is 9.01. The number of phenols is 1. The Kier molecular flexibility index (Phi) is 6.07. The second-order valence-electron chi connectivity index (χ2n) is 6.51. The maximum Gasteiger partial charge on any atom is 0.251 e. The van der Waals surface area contributed by atoms with Gasteiger partial charge in [0.05, 0.1) is 6.10 Å². The van der Waals surface area contributed by atoms with E-state index in [-0.39, 0.29) is 11.7 Å². The van der Waals surface area contributed by atoms with Gasteiger partial charge >= 0.3 is 0 Å². The van der Waals surface area contributed by atoms with Gasteiger partial charge in [0.15, 0.2) is 0 Å². The molecule has 0 unspecified atom stereocenters. The van der Waals surface area contributed by atoms with Crippen LogP contribution in [-0.4, -0.2) is 30.3 Å². The summed E-state index contributed by atoms with van der Waals surface area (Å²) in [4.78, 5) is 12.3. The molecule has 1 fully saturated rings. The number of carbonyl (C=O) groups excluding carboxylic acids is 1. The number of ether oxygens (including phenoxy) is 1. The molecule has 0 atom stereocenters. The van der Waals surface area contributed by atoms with Crippen LogP contribution >= 0.6 is 0 Å². The minimum atomic E-state index is -0.0681. The van der Waals surface area contributed by atoms with E-state index in [0.29, 0.717) is 24.8 Å². The lowest BCUT2D eigenvalue weighted by molar-refractivity contribution is 0.0565. The molecule has 1 aliphatic carbocycles. The lowest BCUT2D eigenvalue weighted by Crippen LogP contribution is -2.25. The van der Waals surface area contributed by atoms with E-state index in [4.69, 9.17) is 4.74 Å². The van der Waals surface area contributed by atoms with Crippen LogP contribution in [0.25, 0.3) is 11.1 Å². The van der Waals surface area contributed by atoms with Gasteiger partial charge in [0.25, 0.3) is 5.91 Å². The second-order valence-corrected chi connectivity index (χ2v) is 6.51. The van der Waals surface area contributed by atoms with Crippen LogP contribution in [0.3, 0.4) is 0 Å². The summed E-state index contributed by atoms with van der Waals surface area (Å²) in [6.07, 6.45) is 6.17. The van der Waals surface area contributed by atoms with E-state index in [1.807, 2.05) is 36.4 Å². The van der Waals surface area contributed by atoms with Crippen LogP contribution in [0.5, 0.6) is 5.75 Å². The Hall–Kier alpha value is -2.33. The number of aromatic hydroxyl groups is 1. The zero-order valence-electron chi connectivity index (χ0n) is 14.4. The van der Waals surface area contributed by atoms with Crippen molar-refractivity contribution in [2.24, 2.45) is 0 Å². The fourth-order valence-electron chi connectivity index (χ4n) is 3.18. The van der Waals surface area contributed by atoms with E-state index in [2.05, 4.69) is 5.32 Å². The molecular weight excluding hydrogens is 314 g/mol. The van der Waals surface area contributed by atoms with E-state index in [0.717, 1.165) is 17.5 Å². The van der Waals surface area contributed by atoms with E-state index in [9.17, 15) is 9.90 Å². The highest BCUT2D eigenvalue weighted by Gasteiger charge is 2.14. The molecule has 4 nitrogen and oxygen atoms in total. The highest BCUT2D eigenvalue weighted by molar-refractivity contribution is 5.95. The number of hydrogen-bond acceptors (Lipinski definition) is 3. The number of benzene rings is 2. The summed E-state index contributed by atoms with van der Waals surface area (Å²) in [6.45, 7) is 1.33. The van der Waals surface area contributed by atoms with Crippen molar-refractivity contribution < 1.29 is 14.6 Å². The van der Waals surface area contributed by atoms with Gasteiger partial charge in [0.1, 0.15) is 5.75 Å². The van der Waals surface area contributed by atoms with Gasteiger partial charge in [-0.2, -0.15) is 0 Å². The lowest BCUT2D eigenvalue weighted by Gasteiger charge is -2.11. The minimum absolute atomic E-state index is 0.0681. The molecule has 1 amide bonds. The maximum atomic E-state index is 12.3. The molecule has 0 aliphatic heterocycles. The minimum Gasteiger partial charge on any atom is -0.508 e. The first-order chi connectivity index (χ1) is 12.2. The molecule has 2 aromatic carbocycles. The summed E-state index contributed by atoms with van der Waals surface area (Å²) in [7, 11) is 0. The Morgan fingerprint density at radius 3 is 2.60 bits per heavy atom. The summed E-state index contributed by atoms with van der Waals surface area (Å²) < 4.78 is 5.81. The molecule has 0 spiro atoms. The quantitative estimate of drug-likeness (QED) is 0.746. The van der Waals surface area contributed by atoms with E-state index in [1.54, 1.807) is 12.1 Å². The topological polar surface area (TPSA) is 58.6 Å². The Labute approximate surface area is 148 Å². The molecule has 2 N–H and O–H groups in total. The van der Waals surface area contributed by atoms with Crippen molar-refractivity contribution in [3.8, 4) is 16.9 Å². The number of amides is 1. The van der Waals surface area contributed by atoms with E-state index in [1.165, 1.54) is 25.7 Å². The van der Waals surface area contributed by atoms with Gasteiger partial charge in [-0.15, -0.1) is 0 Å². The van der Waals surface area contributed by atoms with Crippen molar-refractivity contribution in [3.05, 3.63) is 54.1 Å². The summed E-state index contributed by atoms with van der Waals surface area (Å²) >= 11 is 0.